The van der Waals surface area contributed by atoms with E-state index in [-0.39, 0.29) is 17.2 Å². The largest absolute Gasteiger partial charge is 0.309 e. The SMILES string of the molecule is CCC(=O)C(=O)N1C2CC3CCC2(C(=O)N1S(=O)(=O)c1ccc(C)cc1)C3(C)C. The first-order chi connectivity index (χ1) is 13.5. The number of nitrogens with zero attached hydrogens (tertiary/aromatic N) is 2. The summed E-state index contributed by atoms with van der Waals surface area (Å²) in [7, 11) is -4.33. The van der Waals surface area contributed by atoms with E-state index in [0.29, 0.717) is 17.3 Å². The maximum Gasteiger partial charge on any atom is 0.309 e. The highest BCUT2D eigenvalue weighted by molar-refractivity contribution is 7.89. The molecule has 0 N–H and O–H groups in total. The number of rotatable bonds is 4. The lowest BCUT2D eigenvalue weighted by atomic mass is 9.68. The van der Waals surface area contributed by atoms with Crippen LogP contribution in [0.15, 0.2) is 29.2 Å². The predicted molar refractivity (Wildman–Crippen MR) is 105 cm³/mol. The van der Waals surface area contributed by atoms with Gasteiger partial charge in [0.05, 0.1) is 16.4 Å². The van der Waals surface area contributed by atoms with E-state index in [1.54, 1.807) is 19.1 Å². The van der Waals surface area contributed by atoms with Gasteiger partial charge < -0.3 is 0 Å². The molecule has 2 bridgehead atoms. The third-order valence-electron chi connectivity index (χ3n) is 7.49. The maximum atomic E-state index is 13.7. The van der Waals surface area contributed by atoms with Crippen LogP contribution in [0.4, 0.5) is 0 Å². The number of hydrogen-bond acceptors (Lipinski definition) is 5. The second kappa shape index (κ2) is 6.14. The average Bonchev–Trinajstić information content (AvgIpc) is 3.20. The fourth-order valence-corrected chi connectivity index (χ4v) is 7.18. The zero-order valence-corrected chi connectivity index (χ0v) is 18.0. The van der Waals surface area contributed by atoms with Crippen molar-refractivity contribution in [3.8, 4) is 0 Å². The molecule has 3 aliphatic rings. The minimum atomic E-state index is -4.33. The molecule has 0 radical (unpaired) electrons. The van der Waals surface area contributed by atoms with Crippen molar-refractivity contribution in [3.63, 3.8) is 0 Å². The van der Waals surface area contributed by atoms with Gasteiger partial charge in [0, 0.05) is 6.42 Å². The molecular weight excluding hydrogens is 392 g/mol. The van der Waals surface area contributed by atoms with E-state index in [1.807, 2.05) is 20.8 Å². The van der Waals surface area contributed by atoms with Crippen molar-refractivity contribution >= 4 is 27.6 Å². The molecule has 4 rings (SSSR count). The Balaban J connectivity index is 1.89. The lowest BCUT2D eigenvalue weighted by Crippen LogP contribution is -2.52. The molecule has 3 fully saturated rings. The minimum absolute atomic E-state index is 0.0471. The van der Waals surface area contributed by atoms with Crippen LogP contribution in [0.3, 0.4) is 0 Å². The Hall–Kier alpha value is -2.22. The number of aryl methyl sites for hydroxylation is 1. The second-order valence-electron chi connectivity index (χ2n) is 8.97. The molecule has 1 aliphatic heterocycles. The first-order valence-corrected chi connectivity index (χ1v) is 11.5. The number of hydrogen-bond donors (Lipinski definition) is 0. The third kappa shape index (κ3) is 2.35. The van der Waals surface area contributed by atoms with Gasteiger partial charge >= 0.3 is 5.91 Å². The zero-order chi connectivity index (χ0) is 21.4. The van der Waals surface area contributed by atoms with E-state index in [2.05, 4.69) is 0 Å². The summed E-state index contributed by atoms with van der Waals surface area (Å²) in [6, 6.07) is 5.54. The van der Waals surface area contributed by atoms with Crippen LogP contribution in [-0.4, -0.2) is 41.5 Å². The molecule has 2 aliphatic carbocycles. The number of fused-ring (bicyclic) bond motifs is 1. The van der Waals surface area contributed by atoms with Gasteiger partial charge in [-0.3, -0.25) is 14.4 Å². The van der Waals surface area contributed by atoms with Crippen molar-refractivity contribution in [3.05, 3.63) is 29.8 Å². The van der Waals surface area contributed by atoms with Gasteiger partial charge in [0.2, 0.25) is 5.78 Å². The molecule has 2 saturated carbocycles. The third-order valence-corrected chi connectivity index (χ3v) is 9.16. The molecule has 1 saturated heterocycles. The summed E-state index contributed by atoms with van der Waals surface area (Å²) in [5.41, 5.74) is -0.542. The Labute approximate surface area is 171 Å². The number of Topliss-reactive ketones (excluding diaryl/α,β-unsaturated/α-hetero) is 1. The number of benzene rings is 1. The molecular formula is C21H26N2O5S. The van der Waals surface area contributed by atoms with Crippen molar-refractivity contribution in [1.82, 2.24) is 9.42 Å². The minimum Gasteiger partial charge on any atom is -0.289 e. The van der Waals surface area contributed by atoms with Crippen LogP contribution < -0.4 is 0 Å². The van der Waals surface area contributed by atoms with Gasteiger partial charge in [0.25, 0.3) is 15.9 Å². The number of hydrazine groups is 1. The standard InChI is InChI=1S/C21H26N2O5S/c1-5-16(24)18(25)22-17-12-14-10-11-21(17,20(14,3)4)19(26)23(22)29(27,28)15-8-6-13(2)7-9-15/h6-9,14,17H,5,10-12H2,1-4H3. The highest BCUT2D eigenvalue weighted by Crippen LogP contribution is 2.70. The van der Waals surface area contributed by atoms with Gasteiger partial charge in [-0.15, -0.1) is 4.41 Å². The maximum absolute atomic E-state index is 13.7. The van der Waals surface area contributed by atoms with Crippen molar-refractivity contribution in [1.29, 1.82) is 0 Å². The summed E-state index contributed by atoms with van der Waals surface area (Å²) in [4.78, 5) is 39.0. The lowest BCUT2D eigenvalue weighted by Gasteiger charge is -2.34. The molecule has 1 aromatic carbocycles. The van der Waals surface area contributed by atoms with Gasteiger partial charge in [-0.2, -0.15) is 8.42 Å². The zero-order valence-electron chi connectivity index (χ0n) is 17.1. The summed E-state index contributed by atoms with van der Waals surface area (Å²) >= 11 is 0. The highest BCUT2D eigenvalue weighted by atomic mass is 32.2. The molecule has 1 aromatic rings. The summed E-state index contributed by atoms with van der Waals surface area (Å²) < 4.78 is 27.6. The van der Waals surface area contributed by atoms with E-state index in [1.165, 1.54) is 12.1 Å². The van der Waals surface area contributed by atoms with Crippen LogP contribution in [-0.2, 0) is 24.4 Å². The quantitative estimate of drug-likeness (QED) is 0.701. The Morgan fingerprint density at radius 3 is 2.34 bits per heavy atom. The molecule has 1 spiro atoms. The number of amides is 2. The van der Waals surface area contributed by atoms with Crippen LogP contribution >= 0.6 is 0 Å². The van der Waals surface area contributed by atoms with Crippen molar-refractivity contribution in [2.75, 3.05) is 0 Å². The van der Waals surface area contributed by atoms with Crippen molar-refractivity contribution in [2.24, 2.45) is 16.7 Å². The predicted octanol–water partition coefficient (Wildman–Crippen LogP) is 2.44. The van der Waals surface area contributed by atoms with Gasteiger partial charge in [-0.25, -0.2) is 5.01 Å². The van der Waals surface area contributed by atoms with E-state index in [0.717, 1.165) is 17.0 Å². The number of carbonyl (C=O) groups excluding carboxylic acids is 3. The van der Waals surface area contributed by atoms with E-state index < -0.39 is 44.5 Å². The molecule has 29 heavy (non-hydrogen) atoms. The summed E-state index contributed by atoms with van der Waals surface area (Å²) in [5, 5.41) is 0.976. The molecule has 1 heterocycles. The van der Waals surface area contributed by atoms with Gasteiger partial charge in [0.15, 0.2) is 0 Å². The van der Waals surface area contributed by atoms with Crippen LogP contribution in [0.5, 0.6) is 0 Å². The smallest absolute Gasteiger partial charge is 0.289 e. The van der Waals surface area contributed by atoms with Crippen LogP contribution in [0, 0.1) is 23.7 Å². The number of carbonyl (C=O) groups is 3. The summed E-state index contributed by atoms with van der Waals surface area (Å²) in [5.74, 6) is -1.97. The lowest BCUT2D eigenvalue weighted by molar-refractivity contribution is -0.154. The first-order valence-electron chi connectivity index (χ1n) is 10.0. The van der Waals surface area contributed by atoms with Gasteiger partial charge in [0.1, 0.15) is 0 Å². The van der Waals surface area contributed by atoms with E-state index in [4.69, 9.17) is 0 Å². The van der Waals surface area contributed by atoms with E-state index >= 15 is 0 Å². The molecule has 7 nitrogen and oxygen atoms in total. The topological polar surface area (TPSA) is 91.8 Å². The summed E-state index contributed by atoms with van der Waals surface area (Å²) in [6.45, 7) is 7.35. The molecule has 3 unspecified atom stereocenters. The Kier molecular flexibility index (Phi) is 4.25. The molecule has 2 amide bonds. The molecule has 3 atom stereocenters. The number of sulfonamides is 1. The first kappa shape index (κ1) is 20.1. The van der Waals surface area contributed by atoms with E-state index in [9.17, 15) is 22.8 Å². The van der Waals surface area contributed by atoms with Gasteiger partial charge in [-0.1, -0.05) is 38.5 Å². The fraction of sp³-hybridized carbons (Fsp3) is 0.571. The Bertz CT molecular complexity index is 1010. The highest BCUT2D eigenvalue weighted by Gasteiger charge is 2.76. The van der Waals surface area contributed by atoms with Gasteiger partial charge in [-0.05, 0) is 49.7 Å². The molecule has 156 valence electrons. The van der Waals surface area contributed by atoms with Crippen LogP contribution in [0.1, 0.15) is 52.0 Å². The number of ketones is 1. The average molecular weight is 419 g/mol. The normalized spacial score (nSPS) is 30.0. The van der Waals surface area contributed by atoms with Crippen LogP contribution in [0.2, 0.25) is 0 Å². The van der Waals surface area contributed by atoms with Crippen molar-refractivity contribution in [2.45, 2.75) is 64.3 Å². The molecule has 8 heteroatoms. The second-order valence-corrected chi connectivity index (χ2v) is 10.7. The monoisotopic (exact) mass is 418 g/mol. The van der Waals surface area contributed by atoms with Crippen molar-refractivity contribution < 1.29 is 22.8 Å². The Morgan fingerprint density at radius 1 is 1.17 bits per heavy atom. The Morgan fingerprint density at radius 2 is 1.79 bits per heavy atom. The molecule has 0 aromatic heterocycles. The fourth-order valence-electron chi connectivity index (χ4n) is 5.70. The van der Waals surface area contributed by atoms with Crippen LogP contribution in [0.25, 0.3) is 0 Å². The summed E-state index contributed by atoms with van der Waals surface area (Å²) in [6.07, 6.45) is 1.82.